The number of methoxy groups -OCH3 is 1. The number of alkyl halides is 3. The minimum atomic E-state index is -4.06. The van der Waals surface area contributed by atoms with E-state index < -0.39 is 12.6 Å². The first-order valence-corrected chi connectivity index (χ1v) is 5.90. The maximum absolute atomic E-state index is 11.8. The Hall–Kier alpha value is -0.330. The molecule has 0 bridgehead atoms. The van der Waals surface area contributed by atoms with Gasteiger partial charge in [-0.2, -0.15) is 13.2 Å². The van der Waals surface area contributed by atoms with Gasteiger partial charge in [-0.25, -0.2) is 0 Å². The monoisotopic (exact) mass is 257 g/mol. The lowest BCUT2D eigenvalue weighted by molar-refractivity contribution is -0.137. The van der Waals surface area contributed by atoms with Crippen LogP contribution in [0.3, 0.4) is 0 Å². The predicted octanol–water partition coefficient (Wildman–Crippen LogP) is 2.36. The summed E-state index contributed by atoms with van der Waals surface area (Å²) in [5.41, 5.74) is 0. The molecule has 104 valence electrons. The fourth-order valence-electron chi connectivity index (χ4n) is 1.23. The Kier molecular flexibility index (Phi) is 10.6. The molecule has 0 saturated heterocycles. The van der Waals surface area contributed by atoms with Gasteiger partial charge in [0.1, 0.15) is 0 Å². The molecule has 0 spiro atoms. The lowest BCUT2D eigenvalue weighted by atomic mass is 10.3. The van der Waals surface area contributed by atoms with E-state index in [1.807, 2.05) is 0 Å². The molecule has 0 aromatic rings. The standard InChI is InChI=1S/C11H22F3NO2/c1-16-10-7-15-6-2-3-8-17-9-4-5-11(12,13)14/h15H,2-10H2,1H3. The van der Waals surface area contributed by atoms with Crippen molar-refractivity contribution in [2.45, 2.75) is 31.9 Å². The van der Waals surface area contributed by atoms with Gasteiger partial charge in [-0.15, -0.1) is 0 Å². The molecular weight excluding hydrogens is 235 g/mol. The van der Waals surface area contributed by atoms with Crippen LogP contribution in [0.4, 0.5) is 13.2 Å². The second-order valence-corrected chi connectivity index (χ2v) is 3.78. The summed E-state index contributed by atoms with van der Waals surface area (Å²) < 4.78 is 45.2. The largest absolute Gasteiger partial charge is 0.389 e. The molecule has 0 aromatic heterocycles. The van der Waals surface area contributed by atoms with Gasteiger partial charge in [-0.05, 0) is 25.8 Å². The van der Waals surface area contributed by atoms with Crippen molar-refractivity contribution in [3.63, 3.8) is 0 Å². The highest BCUT2D eigenvalue weighted by atomic mass is 19.4. The third kappa shape index (κ3) is 15.7. The van der Waals surface area contributed by atoms with Crippen LogP contribution in [0.1, 0.15) is 25.7 Å². The lowest BCUT2D eigenvalue weighted by Gasteiger charge is -2.07. The molecule has 0 fully saturated rings. The summed E-state index contributed by atoms with van der Waals surface area (Å²) in [4.78, 5) is 0. The summed E-state index contributed by atoms with van der Waals surface area (Å²) in [6, 6.07) is 0. The average molecular weight is 257 g/mol. The predicted molar refractivity (Wildman–Crippen MR) is 60.1 cm³/mol. The average Bonchev–Trinajstić information content (AvgIpc) is 2.24. The summed E-state index contributed by atoms with van der Waals surface area (Å²) >= 11 is 0. The summed E-state index contributed by atoms with van der Waals surface area (Å²) in [6.45, 7) is 3.12. The molecule has 6 heteroatoms. The number of unbranched alkanes of at least 4 members (excludes halogenated alkanes) is 1. The van der Waals surface area contributed by atoms with Crippen LogP contribution in [0.5, 0.6) is 0 Å². The second kappa shape index (κ2) is 10.8. The molecule has 3 nitrogen and oxygen atoms in total. The van der Waals surface area contributed by atoms with E-state index in [2.05, 4.69) is 5.32 Å². The van der Waals surface area contributed by atoms with Gasteiger partial charge in [0, 0.05) is 33.3 Å². The third-order valence-corrected chi connectivity index (χ3v) is 2.12. The molecule has 0 atom stereocenters. The van der Waals surface area contributed by atoms with Crippen LogP contribution < -0.4 is 5.32 Å². The smallest absolute Gasteiger partial charge is 0.383 e. The van der Waals surface area contributed by atoms with E-state index in [1.54, 1.807) is 7.11 Å². The molecule has 0 aliphatic heterocycles. The normalized spacial score (nSPS) is 12.0. The van der Waals surface area contributed by atoms with Crippen LogP contribution in [0.15, 0.2) is 0 Å². The SMILES string of the molecule is COCCNCCCCOCCCC(F)(F)F. The zero-order valence-electron chi connectivity index (χ0n) is 10.3. The van der Waals surface area contributed by atoms with Crippen molar-refractivity contribution in [2.24, 2.45) is 0 Å². The molecule has 0 amide bonds. The number of hydrogen-bond acceptors (Lipinski definition) is 3. The fourth-order valence-corrected chi connectivity index (χ4v) is 1.23. The Morgan fingerprint density at radius 3 is 2.29 bits per heavy atom. The molecule has 0 rings (SSSR count). The van der Waals surface area contributed by atoms with Gasteiger partial charge in [0.15, 0.2) is 0 Å². The van der Waals surface area contributed by atoms with Crippen molar-refractivity contribution in [2.75, 3.05) is 40.0 Å². The van der Waals surface area contributed by atoms with Crippen LogP contribution in [-0.2, 0) is 9.47 Å². The van der Waals surface area contributed by atoms with Crippen molar-refractivity contribution >= 4 is 0 Å². The molecule has 0 radical (unpaired) electrons. The number of rotatable bonds is 11. The quantitative estimate of drug-likeness (QED) is 0.576. The van der Waals surface area contributed by atoms with E-state index in [9.17, 15) is 13.2 Å². The maximum atomic E-state index is 11.8. The highest BCUT2D eigenvalue weighted by molar-refractivity contribution is 4.50. The summed E-state index contributed by atoms with van der Waals surface area (Å²) in [7, 11) is 1.65. The highest BCUT2D eigenvalue weighted by Gasteiger charge is 2.25. The molecule has 0 heterocycles. The van der Waals surface area contributed by atoms with Gasteiger partial charge in [-0.1, -0.05) is 0 Å². The number of hydrogen-bond donors (Lipinski definition) is 1. The topological polar surface area (TPSA) is 30.5 Å². The van der Waals surface area contributed by atoms with Crippen molar-refractivity contribution < 1.29 is 22.6 Å². The van der Waals surface area contributed by atoms with Crippen molar-refractivity contribution in [1.82, 2.24) is 5.32 Å². The van der Waals surface area contributed by atoms with Crippen LogP contribution >= 0.6 is 0 Å². The molecule has 1 N–H and O–H groups in total. The van der Waals surface area contributed by atoms with Gasteiger partial charge in [-0.3, -0.25) is 0 Å². The number of nitrogens with one attached hydrogen (secondary N) is 1. The van der Waals surface area contributed by atoms with Crippen LogP contribution in [-0.4, -0.2) is 46.2 Å². The first kappa shape index (κ1) is 16.7. The number of halogens is 3. The Balaban J connectivity index is 2.99. The van der Waals surface area contributed by atoms with E-state index in [4.69, 9.17) is 9.47 Å². The van der Waals surface area contributed by atoms with Crippen molar-refractivity contribution in [3.8, 4) is 0 Å². The van der Waals surface area contributed by atoms with Gasteiger partial charge >= 0.3 is 6.18 Å². The first-order valence-electron chi connectivity index (χ1n) is 5.90. The van der Waals surface area contributed by atoms with E-state index in [-0.39, 0.29) is 13.0 Å². The van der Waals surface area contributed by atoms with Crippen molar-refractivity contribution in [1.29, 1.82) is 0 Å². The molecule has 0 aliphatic carbocycles. The van der Waals surface area contributed by atoms with Crippen LogP contribution in [0.2, 0.25) is 0 Å². The lowest BCUT2D eigenvalue weighted by Crippen LogP contribution is -2.20. The highest BCUT2D eigenvalue weighted by Crippen LogP contribution is 2.20. The van der Waals surface area contributed by atoms with Crippen LogP contribution in [0.25, 0.3) is 0 Å². The van der Waals surface area contributed by atoms with E-state index in [1.165, 1.54) is 0 Å². The molecule has 0 saturated carbocycles. The number of ether oxygens (including phenoxy) is 2. The van der Waals surface area contributed by atoms with Gasteiger partial charge in [0.25, 0.3) is 0 Å². The maximum Gasteiger partial charge on any atom is 0.389 e. The zero-order chi connectivity index (χ0) is 13.0. The minimum Gasteiger partial charge on any atom is -0.383 e. The second-order valence-electron chi connectivity index (χ2n) is 3.78. The Bertz CT molecular complexity index is 165. The molecule has 17 heavy (non-hydrogen) atoms. The minimum absolute atomic E-state index is 0.0512. The van der Waals surface area contributed by atoms with Crippen LogP contribution in [0, 0.1) is 0 Å². The Labute approximate surface area is 101 Å². The first-order chi connectivity index (χ1) is 8.06. The Morgan fingerprint density at radius 2 is 1.65 bits per heavy atom. The van der Waals surface area contributed by atoms with E-state index in [0.717, 1.165) is 25.9 Å². The summed E-state index contributed by atoms with van der Waals surface area (Å²) in [6.07, 6.45) is -2.94. The van der Waals surface area contributed by atoms with Crippen molar-refractivity contribution in [3.05, 3.63) is 0 Å². The Morgan fingerprint density at radius 1 is 0.941 bits per heavy atom. The van der Waals surface area contributed by atoms with Gasteiger partial charge < -0.3 is 14.8 Å². The fraction of sp³-hybridized carbons (Fsp3) is 1.00. The zero-order valence-corrected chi connectivity index (χ0v) is 10.3. The molecule has 0 unspecified atom stereocenters. The van der Waals surface area contributed by atoms with Gasteiger partial charge in [0.05, 0.1) is 6.61 Å². The molecular formula is C11H22F3NO2. The summed E-state index contributed by atoms with van der Waals surface area (Å²) in [5, 5.41) is 3.18. The molecule has 0 aliphatic rings. The molecule has 0 aromatic carbocycles. The van der Waals surface area contributed by atoms with Gasteiger partial charge in [0.2, 0.25) is 0 Å². The van der Waals surface area contributed by atoms with E-state index in [0.29, 0.717) is 13.2 Å². The third-order valence-electron chi connectivity index (χ3n) is 2.12. The summed E-state index contributed by atoms with van der Waals surface area (Å²) in [5.74, 6) is 0. The van der Waals surface area contributed by atoms with E-state index >= 15 is 0 Å².